The standard InChI is InChI=1S/C20H20N4O2/c1-14-10-11-23(20(14)25)18-12-17(15-6-4-3-5-7-15)24(22-18)16-8-9-19(26-2)21-13-16/h3-9,12-14H,10-11H2,1-2H3. The van der Waals surface area contributed by atoms with Crippen molar-refractivity contribution < 1.29 is 9.53 Å². The molecule has 26 heavy (non-hydrogen) atoms. The van der Waals surface area contributed by atoms with Crippen molar-refractivity contribution in [2.75, 3.05) is 18.6 Å². The monoisotopic (exact) mass is 348 g/mol. The summed E-state index contributed by atoms with van der Waals surface area (Å²) in [6.45, 7) is 2.66. The third kappa shape index (κ3) is 2.83. The van der Waals surface area contributed by atoms with E-state index < -0.39 is 0 Å². The number of carbonyl (C=O) groups excluding carboxylic acids is 1. The minimum Gasteiger partial charge on any atom is -0.481 e. The van der Waals surface area contributed by atoms with E-state index in [4.69, 9.17) is 9.84 Å². The van der Waals surface area contributed by atoms with Gasteiger partial charge < -0.3 is 4.74 Å². The molecule has 0 spiro atoms. The van der Waals surface area contributed by atoms with Crippen LogP contribution in [-0.2, 0) is 4.79 Å². The molecule has 1 aliphatic rings. The average Bonchev–Trinajstić information content (AvgIpc) is 3.27. The molecular formula is C20H20N4O2. The highest BCUT2D eigenvalue weighted by molar-refractivity contribution is 5.96. The summed E-state index contributed by atoms with van der Waals surface area (Å²) >= 11 is 0. The van der Waals surface area contributed by atoms with Gasteiger partial charge in [-0.1, -0.05) is 37.3 Å². The van der Waals surface area contributed by atoms with E-state index in [1.807, 2.05) is 54.1 Å². The molecule has 0 saturated carbocycles. The second-order valence-corrected chi connectivity index (χ2v) is 6.40. The van der Waals surface area contributed by atoms with Crippen molar-refractivity contribution in [3.8, 4) is 22.8 Å². The van der Waals surface area contributed by atoms with Crippen LogP contribution in [0.2, 0.25) is 0 Å². The number of benzene rings is 1. The largest absolute Gasteiger partial charge is 0.481 e. The SMILES string of the molecule is COc1ccc(-n2nc(N3CCC(C)C3=O)cc2-c2ccccc2)cn1. The lowest BCUT2D eigenvalue weighted by atomic mass is 10.1. The van der Waals surface area contributed by atoms with Crippen LogP contribution in [0, 0.1) is 5.92 Å². The third-order valence-electron chi connectivity index (χ3n) is 4.69. The summed E-state index contributed by atoms with van der Waals surface area (Å²) in [7, 11) is 1.59. The van der Waals surface area contributed by atoms with Crippen LogP contribution >= 0.6 is 0 Å². The summed E-state index contributed by atoms with van der Waals surface area (Å²) in [4.78, 5) is 18.5. The summed E-state index contributed by atoms with van der Waals surface area (Å²) in [5, 5.41) is 4.72. The molecule has 3 heterocycles. The van der Waals surface area contributed by atoms with Gasteiger partial charge in [-0.2, -0.15) is 0 Å². The summed E-state index contributed by atoms with van der Waals surface area (Å²) in [6, 6.07) is 15.7. The van der Waals surface area contributed by atoms with Gasteiger partial charge in [0.15, 0.2) is 5.82 Å². The molecule has 1 amide bonds. The summed E-state index contributed by atoms with van der Waals surface area (Å²) in [6.07, 6.45) is 2.58. The lowest BCUT2D eigenvalue weighted by Gasteiger charge is -2.12. The first-order valence-corrected chi connectivity index (χ1v) is 8.64. The molecule has 1 atom stereocenters. The molecule has 3 aromatic rings. The van der Waals surface area contributed by atoms with Crippen LogP contribution in [0.1, 0.15) is 13.3 Å². The van der Waals surface area contributed by atoms with Gasteiger partial charge >= 0.3 is 0 Å². The quantitative estimate of drug-likeness (QED) is 0.726. The smallest absolute Gasteiger partial charge is 0.231 e. The van der Waals surface area contributed by atoms with Gasteiger partial charge in [0.25, 0.3) is 0 Å². The Bertz CT molecular complexity index is 919. The summed E-state index contributed by atoms with van der Waals surface area (Å²) in [5.74, 6) is 1.39. The number of carbonyl (C=O) groups is 1. The zero-order valence-electron chi connectivity index (χ0n) is 14.8. The summed E-state index contributed by atoms with van der Waals surface area (Å²) < 4.78 is 6.97. The van der Waals surface area contributed by atoms with Crippen molar-refractivity contribution in [1.29, 1.82) is 0 Å². The maximum absolute atomic E-state index is 12.4. The number of anilines is 1. The maximum Gasteiger partial charge on any atom is 0.231 e. The number of hydrogen-bond donors (Lipinski definition) is 0. The van der Waals surface area contributed by atoms with E-state index in [0.717, 1.165) is 23.4 Å². The Morgan fingerprint density at radius 3 is 2.58 bits per heavy atom. The van der Waals surface area contributed by atoms with E-state index >= 15 is 0 Å². The highest BCUT2D eigenvalue weighted by Gasteiger charge is 2.31. The van der Waals surface area contributed by atoms with Crippen LogP contribution in [-0.4, -0.2) is 34.3 Å². The van der Waals surface area contributed by atoms with Gasteiger partial charge in [-0.25, -0.2) is 9.67 Å². The Morgan fingerprint density at radius 2 is 1.96 bits per heavy atom. The number of ether oxygens (including phenoxy) is 1. The molecular weight excluding hydrogens is 328 g/mol. The molecule has 2 aromatic heterocycles. The van der Waals surface area contributed by atoms with E-state index in [1.54, 1.807) is 24.3 Å². The molecule has 1 unspecified atom stereocenters. The first-order chi connectivity index (χ1) is 12.7. The fraction of sp³-hybridized carbons (Fsp3) is 0.250. The van der Waals surface area contributed by atoms with Crippen LogP contribution in [0.5, 0.6) is 5.88 Å². The second kappa shape index (κ2) is 6.63. The van der Waals surface area contributed by atoms with Crippen molar-refractivity contribution in [3.05, 3.63) is 54.7 Å². The Morgan fingerprint density at radius 1 is 1.15 bits per heavy atom. The van der Waals surface area contributed by atoms with Crippen LogP contribution in [0.3, 0.4) is 0 Å². The van der Waals surface area contributed by atoms with Crippen LogP contribution < -0.4 is 9.64 Å². The number of hydrogen-bond acceptors (Lipinski definition) is 4. The van der Waals surface area contributed by atoms with Gasteiger partial charge in [-0.3, -0.25) is 9.69 Å². The number of nitrogens with zero attached hydrogens (tertiary/aromatic N) is 4. The van der Waals surface area contributed by atoms with Gasteiger partial charge in [0.05, 0.1) is 24.7 Å². The topological polar surface area (TPSA) is 60.2 Å². The number of rotatable bonds is 4. The average molecular weight is 348 g/mol. The third-order valence-corrected chi connectivity index (χ3v) is 4.69. The lowest BCUT2D eigenvalue weighted by molar-refractivity contribution is -0.119. The van der Waals surface area contributed by atoms with E-state index in [1.165, 1.54) is 0 Å². The molecule has 4 rings (SSSR count). The number of methoxy groups -OCH3 is 1. The zero-order valence-corrected chi connectivity index (χ0v) is 14.8. The van der Waals surface area contributed by atoms with Gasteiger partial charge in [0.2, 0.25) is 11.8 Å². The van der Waals surface area contributed by atoms with Crippen molar-refractivity contribution in [2.24, 2.45) is 5.92 Å². The summed E-state index contributed by atoms with van der Waals surface area (Å²) in [5.41, 5.74) is 2.76. The predicted molar refractivity (Wildman–Crippen MR) is 99.5 cm³/mol. The van der Waals surface area contributed by atoms with Gasteiger partial charge in [-0.15, -0.1) is 5.10 Å². The molecule has 1 fully saturated rings. The van der Waals surface area contributed by atoms with Crippen LogP contribution in [0.25, 0.3) is 16.9 Å². The molecule has 1 saturated heterocycles. The highest BCUT2D eigenvalue weighted by Crippen LogP contribution is 2.30. The Hall–Kier alpha value is -3.15. The molecule has 0 bridgehead atoms. The minimum absolute atomic E-state index is 0.0444. The Balaban J connectivity index is 1.81. The van der Waals surface area contributed by atoms with Gasteiger partial charge in [0.1, 0.15) is 0 Å². The molecule has 6 nitrogen and oxygen atoms in total. The molecule has 132 valence electrons. The first-order valence-electron chi connectivity index (χ1n) is 8.64. The minimum atomic E-state index is 0.0444. The van der Waals surface area contributed by atoms with Crippen molar-refractivity contribution in [3.63, 3.8) is 0 Å². The zero-order chi connectivity index (χ0) is 18.1. The molecule has 1 aromatic carbocycles. The van der Waals surface area contributed by atoms with E-state index in [-0.39, 0.29) is 11.8 Å². The van der Waals surface area contributed by atoms with Gasteiger partial charge in [0, 0.05) is 30.2 Å². The fourth-order valence-corrected chi connectivity index (χ4v) is 3.18. The lowest BCUT2D eigenvalue weighted by Crippen LogP contribution is -2.26. The maximum atomic E-state index is 12.4. The van der Waals surface area contributed by atoms with Crippen LogP contribution in [0.4, 0.5) is 5.82 Å². The first kappa shape index (κ1) is 16.3. The number of pyridine rings is 1. The normalized spacial score (nSPS) is 16.9. The second-order valence-electron chi connectivity index (χ2n) is 6.40. The van der Waals surface area contributed by atoms with Gasteiger partial charge in [-0.05, 0) is 12.5 Å². The van der Waals surface area contributed by atoms with Crippen molar-refractivity contribution in [2.45, 2.75) is 13.3 Å². The Kier molecular flexibility index (Phi) is 4.16. The Labute approximate surface area is 152 Å². The molecule has 0 aliphatic carbocycles. The fourth-order valence-electron chi connectivity index (χ4n) is 3.18. The molecule has 0 N–H and O–H groups in total. The molecule has 0 radical (unpaired) electrons. The molecule has 1 aliphatic heterocycles. The van der Waals surface area contributed by atoms with Crippen LogP contribution in [0.15, 0.2) is 54.7 Å². The van der Waals surface area contributed by atoms with E-state index in [0.29, 0.717) is 18.2 Å². The highest BCUT2D eigenvalue weighted by atomic mass is 16.5. The van der Waals surface area contributed by atoms with Crippen molar-refractivity contribution >= 4 is 11.7 Å². The van der Waals surface area contributed by atoms with Crippen molar-refractivity contribution in [1.82, 2.24) is 14.8 Å². The number of aromatic nitrogens is 3. The predicted octanol–water partition coefficient (Wildman–Crippen LogP) is 3.32. The van der Waals surface area contributed by atoms with E-state index in [2.05, 4.69) is 4.98 Å². The number of amides is 1. The molecule has 6 heteroatoms. The van der Waals surface area contributed by atoms with E-state index in [9.17, 15) is 4.79 Å².